The van der Waals surface area contributed by atoms with Crippen LogP contribution in [0.1, 0.15) is 15.9 Å². The molecule has 0 N–H and O–H groups in total. The molecule has 0 amide bonds. The van der Waals surface area contributed by atoms with Crippen LogP contribution in [0.5, 0.6) is 5.75 Å². The molecule has 3 aromatic rings. The number of halogens is 1. The van der Waals surface area contributed by atoms with Gasteiger partial charge in [0.2, 0.25) is 0 Å². The second kappa shape index (κ2) is 6.87. The Kier molecular flexibility index (Phi) is 4.80. The van der Waals surface area contributed by atoms with Crippen LogP contribution in [0.3, 0.4) is 0 Å². The highest BCUT2D eigenvalue weighted by molar-refractivity contribution is 6.26. The molecule has 1 aliphatic rings. The Morgan fingerprint density at radius 3 is 2.24 bits per heavy atom. The van der Waals surface area contributed by atoms with Crippen molar-refractivity contribution in [2.75, 3.05) is 27.2 Å². The van der Waals surface area contributed by atoms with Gasteiger partial charge in [-0.15, -0.1) is 12.4 Å². The lowest BCUT2D eigenvalue weighted by atomic mass is 9.97. The van der Waals surface area contributed by atoms with E-state index < -0.39 is 0 Å². The maximum atomic E-state index is 12.8. The Labute approximate surface area is 153 Å². The molecule has 4 rings (SSSR count). The quantitative estimate of drug-likeness (QED) is 0.544. The molecule has 1 aliphatic carbocycles. The van der Waals surface area contributed by atoms with Gasteiger partial charge in [-0.3, -0.25) is 4.79 Å². The smallest absolute Gasteiger partial charge is 0.194 e. The average Bonchev–Trinajstić information content (AvgIpc) is 2.88. The minimum Gasteiger partial charge on any atom is -0.492 e. The Balaban J connectivity index is 0.00000182. The van der Waals surface area contributed by atoms with Crippen LogP contribution in [0.25, 0.3) is 21.9 Å². The third kappa shape index (κ3) is 2.90. The molecule has 0 spiro atoms. The van der Waals surface area contributed by atoms with E-state index in [1.807, 2.05) is 56.6 Å². The first-order chi connectivity index (χ1) is 11.7. The van der Waals surface area contributed by atoms with Gasteiger partial charge in [-0.1, -0.05) is 48.5 Å². The zero-order valence-corrected chi connectivity index (χ0v) is 15.1. The fraction of sp³-hybridized carbons (Fsp3) is 0.190. The molecular weight excluding hydrogens is 334 g/mol. The number of ether oxygens (including phenoxy) is 1. The lowest BCUT2D eigenvalue weighted by Crippen LogP contribution is -2.19. The number of nitrogens with zero attached hydrogens (tertiary/aromatic N) is 1. The Morgan fingerprint density at radius 1 is 0.880 bits per heavy atom. The summed E-state index contributed by atoms with van der Waals surface area (Å²) in [7, 11) is 4.04. The third-order valence-electron chi connectivity index (χ3n) is 4.49. The SMILES string of the molecule is CN(C)CCOc1cc2c(c3ccccc13)-c1ccccc1C2=O.Cl. The number of ketones is 1. The van der Waals surface area contributed by atoms with Crippen molar-refractivity contribution >= 4 is 29.0 Å². The van der Waals surface area contributed by atoms with Crippen molar-refractivity contribution in [2.45, 2.75) is 0 Å². The van der Waals surface area contributed by atoms with Crippen molar-refractivity contribution in [3.05, 3.63) is 65.7 Å². The molecule has 0 aromatic heterocycles. The second-order valence-electron chi connectivity index (χ2n) is 6.37. The molecule has 0 radical (unpaired) electrons. The highest BCUT2D eigenvalue weighted by Crippen LogP contribution is 2.44. The summed E-state index contributed by atoms with van der Waals surface area (Å²) in [6.07, 6.45) is 0. The highest BCUT2D eigenvalue weighted by atomic mass is 35.5. The summed E-state index contributed by atoms with van der Waals surface area (Å²) in [5.74, 6) is 0.871. The van der Waals surface area contributed by atoms with Gasteiger partial charge >= 0.3 is 0 Å². The molecule has 0 saturated heterocycles. The highest BCUT2D eigenvalue weighted by Gasteiger charge is 2.29. The van der Waals surface area contributed by atoms with E-state index in [9.17, 15) is 4.79 Å². The van der Waals surface area contributed by atoms with E-state index in [0.29, 0.717) is 6.61 Å². The zero-order valence-electron chi connectivity index (χ0n) is 14.3. The lowest BCUT2D eigenvalue weighted by molar-refractivity contribution is 0.104. The maximum absolute atomic E-state index is 12.8. The fourth-order valence-electron chi connectivity index (χ4n) is 3.31. The Bertz CT molecular complexity index is 950. The molecule has 0 bridgehead atoms. The van der Waals surface area contributed by atoms with E-state index in [0.717, 1.165) is 45.3 Å². The molecule has 3 nitrogen and oxygen atoms in total. The first-order valence-electron chi connectivity index (χ1n) is 8.14. The van der Waals surface area contributed by atoms with Crippen LogP contribution in [0.4, 0.5) is 0 Å². The molecule has 0 heterocycles. The summed E-state index contributed by atoms with van der Waals surface area (Å²) < 4.78 is 6.01. The van der Waals surface area contributed by atoms with Crippen LogP contribution in [0.2, 0.25) is 0 Å². The van der Waals surface area contributed by atoms with Crippen molar-refractivity contribution in [2.24, 2.45) is 0 Å². The number of rotatable bonds is 4. The van der Waals surface area contributed by atoms with E-state index in [1.165, 1.54) is 0 Å². The summed E-state index contributed by atoms with van der Waals surface area (Å²) in [5.41, 5.74) is 3.58. The van der Waals surface area contributed by atoms with Gasteiger partial charge in [-0.05, 0) is 31.1 Å². The molecule has 0 unspecified atom stereocenters. The number of carbonyl (C=O) groups is 1. The molecule has 0 saturated carbocycles. The first-order valence-corrected chi connectivity index (χ1v) is 8.14. The molecule has 25 heavy (non-hydrogen) atoms. The number of fused-ring (bicyclic) bond motifs is 5. The monoisotopic (exact) mass is 353 g/mol. The molecule has 0 fully saturated rings. The largest absolute Gasteiger partial charge is 0.492 e. The van der Waals surface area contributed by atoms with Gasteiger partial charge < -0.3 is 9.64 Å². The molecule has 0 atom stereocenters. The van der Waals surface area contributed by atoms with Gasteiger partial charge in [0.1, 0.15) is 12.4 Å². The first kappa shape index (κ1) is 17.5. The van der Waals surface area contributed by atoms with Crippen LogP contribution in [-0.2, 0) is 0 Å². The average molecular weight is 354 g/mol. The number of hydrogen-bond donors (Lipinski definition) is 0. The minimum atomic E-state index is 0. The minimum absolute atomic E-state index is 0. The standard InChI is InChI=1S/C21H19NO2.ClH/c1-22(2)11-12-24-19-13-18-20(15-8-4-3-7-14(15)19)16-9-5-6-10-17(16)21(18)23;/h3-10,13H,11-12H2,1-2H3;1H. The van der Waals surface area contributed by atoms with E-state index in [-0.39, 0.29) is 18.2 Å². The second-order valence-corrected chi connectivity index (χ2v) is 6.37. The Morgan fingerprint density at radius 2 is 1.52 bits per heavy atom. The predicted octanol–water partition coefficient (Wildman–Crippen LogP) is 4.41. The topological polar surface area (TPSA) is 29.5 Å². The maximum Gasteiger partial charge on any atom is 0.194 e. The lowest BCUT2D eigenvalue weighted by Gasteiger charge is -2.15. The van der Waals surface area contributed by atoms with Crippen molar-refractivity contribution in [3.8, 4) is 16.9 Å². The molecule has 128 valence electrons. The van der Waals surface area contributed by atoms with Crippen LogP contribution in [0.15, 0.2) is 54.6 Å². The van der Waals surface area contributed by atoms with Gasteiger partial charge in [-0.2, -0.15) is 0 Å². The normalized spacial score (nSPS) is 12.0. The van der Waals surface area contributed by atoms with Gasteiger partial charge in [0, 0.05) is 28.6 Å². The zero-order chi connectivity index (χ0) is 16.7. The van der Waals surface area contributed by atoms with E-state index in [2.05, 4.69) is 17.0 Å². The molecule has 3 aromatic carbocycles. The van der Waals surface area contributed by atoms with Crippen molar-refractivity contribution in [1.82, 2.24) is 4.90 Å². The number of likely N-dealkylation sites (N-methyl/N-ethyl adjacent to an activating group) is 1. The molecular formula is C21H20ClNO2. The molecule has 4 heteroatoms. The van der Waals surface area contributed by atoms with Gasteiger partial charge in [-0.25, -0.2) is 0 Å². The number of benzene rings is 3. The Hall–Kier alpha value is -2.36. The summed E-state index contributed by atoms with van der Waals surface area (Å²) in [5, 5.41) is 2.13. The van der Waals surface area contributed by atoms with E-state index >= 15 is 0 Å². The van der Waals surface area contributed by atoms with Crippen LogP contribution in [0, 0.1) is 0 Å². The van der Waals surface area contributed by atoms with Crippen LogP contribution in [-0.4, -0.2) is 37.9 Å². The van der Waals surface area contributed by atoms with Gasteiger partial charge in [0.15, 0.2) is 5.78 Å². The summed E-state index contributed by atoms with van der Waals surface area (Å²) in [6, 6.07) is 17.9. The summed E-state index contributed by atoms with van der Waals surface area (Å²) >= 11 is 0. The summed E-state index contributed by atoms with van der Waals surface area (Å²) in [6.45, 7) is 1.43. The number of hydrogen-bond acceptors (Lipinski definition) is 3. The van der Waals surface area contributed by atoms with Crippen LogP contribution < -0.4 is 4.74 Å². The predicted molar refractivity (Wildman–Crippen MR) is 104 cm³/mol. The van der Waals surface area contributed by atoms with E-state index in [1.54, 1.807) is 0 Å². The van der Waals surface area contributed by atoms with Crippen molar-refractivity contribution in [3.63, 3.8) is 0 Å². The van der Waals surface area contributed by atoms with Crippen molar-refractivity contribution in [1.29, 1.82) is 0 Å². The van der Waals surface area contributed by atoms with E-state index in [4.69, 9.17) is 4.74 Å². The fourth-order valence-corrected chi connectivity index (χ4v) is 3.31. The van der Waals surface area contributed by atoms with Gasteiger partial charge in [0.25, 0.3) is 0 Å². The number of carbonyl (C=O) groups excluding carboxylic acids is 1. The molecule has 0 aliphatic heterocycles. The summed E-state index contributed by atoms with van der Waals surface area (Å²) in [4.78, 5) is 14.9. The van der Waals surface area contributed by atoms with Crippen LogP contribution >= 0.6 is 12.4 Å². The third-order valence-corrected chi connectivity index (χ3v) is 4.49. The van der Waals surface area contributed by atoms with Gasteiger partial charge in [0.05, 0.1) is 0 Å². The van der Waals surface area contributed by atoms with Crippen molar-refractivity contribution < 1.29 is 9.53 Å².